The largest absolute Gasteiger partial charge is 0.378 e. The van der Waals surface area contributed by atoms with Crippen LogP contribution < -0.4 is 5.32 Å². The number of likely N-dealkylation sites (tertiary alicyclic amines) is 1. The predicted octanol–water partition coefficient (Wildman–Crippen LogP) is 1.91. The molecular formula is C18H26N2O2. The summed E-state index contributed by atoms with van der Waals surface area (Å²) in [5, 5.41) is 3.37. The van der Waals surface area contributed by atoms with Gasteiger partial charge in [0.1, 0.15) is 0 Å². The van der Waals surface area contributed by atoms with Gasteiger partial charge in [-0.3, -0.25) is 4.79 Å². The smallest absolute Gasteiger partial charge is 0.224 e. The summed E-state index contributed by atoms with van der Waals surface area (Å²) in [6.07, 6.45) is 3.77. The van der Waals surface area contributed by atoms with E-state index in [0.717, 1.165) is 39.0 Å². The van der Waals surface area contributed by atoms with E-state index in [1.807, 2.05) is 0 Å². The van der Waals surface area contributed by atoms with Crippen molar-refractivity contribution in [3.8, 4) is 0 Å². The molecule has 0 saturated carbocycles. The number of ether oxygens (including phenoxy) is 1. The zero-order valence-corrected chi connectivity index (χ0v) is 13.4. The van der Waals surface area contributed by atoms with Gasteiger partial charge in [0, 0.05) is 31.6 Å². The Morgan fingerprint density at radius 3 is 2.91 bits per heavy atom. The molecule has 2 aliphatic heterocycles. The number of nitrogens with zero attached hydrogens (tertiary/aromatic N) is 1. The zero-order valence-electron chi connectivity index (χ0n) is 13.4. The van der Waals surface area contributed by atoms with Crippen LogP contribution in [-0.4, -0.2) is 49.2 Å². The highest BCUT2D eigenvalue weighted by Gasteiger charge is 2.30. The quantitative estimate of drug-likeness (QED) is 0.924. The third-order valence-corrected chi connectivity index (χ3v) is 4.71. The standard InChI is InChI=1S/C18H26N2O2/c1-14-4-6-15(7-5-14)11-17-3-2-9-20(17)18(21)12-16-13-22-10-8-19-16/h4-7,16-17,19H,2-3,8-13H2,1H3. The van der Waals surface area contributed by atoms with Crippen LogP contribution >= 0.6 is 0 Å². The van der Waals surface area contributed by atoms with Gasteiger partial charge in [-0.05, 0) is 31.7 Å². The Kier molecular flexibility index (Phi) is 5.11. The van der Waals surface area contributed by atoms with Gasteiger partial charge in [0.15, 0.2) is 0 Å². The molecule has 2 unspecified atom stereocenters. The predicted molar refractivity (Wildman–Crippen MR) is 86.8 cm³/mol. The molecule has 2 fully saturated rings. The number of benzene rings is 1. The van der Waals surface area contributed by atoms with Crippen LogP contribution in [0.15, 0.2) is 24.3 Å². The van der Waals surface area contributed by atoms with Gasteiger partial charge in [-0.25, -0.2) is 0 Å². The monoisotopic (exact) mass is 302 g/mol. The zero-order chi connectivity index (χ0) is 15.4. The Hall–Kier alpha value is -1.39. The Bertz CT molecular complexity index is 494. The van der Waals surface area contributed by atoms with Crippen molar-refractivity contribution in [3.05, 3.63) is 35.4 Å². The molecule has 22 heavy (non-hydrogen) atoms. The molecule has 4 heteroatoms. The first kappa shape index (κ1) is 15.5. The molecule has 0 spiro atoms. The summed E-state index contributed by atoms with van der Waals surface area (Å²) in [5.74, 6) is 0.276. The number of aryl methyl sites for hydroxylation is 1. The van der Waals surface area contributed by atoms with Crippen LogP contribution in [0.2, 0.25) is 0 Å². The molecule has 0 radical (unpaired) electrons. The summed E-state index contributed by atoms with van der Waals surface area (Å²) in [7, 11) is 0. The summed E-state index contributed by atoms with van der Waals surface area (Å²) in [5.41, 5.74) is 2.61. The maximum absolute atomic E-state index is 12.6. The van der Waals surface area contributed by atoms with Crippen molar-refractivity contribution in [2.45, 2.75) is 44.7 Å². The highest BCUT2D eigenvalue weighted by atomic mass is 16.5. The number of morpholine rings is 1. The topological polar surface area (TPSA) is 41.6 Å². The van der Waals surface area contributed by atoms with Crippen molar-refractivity contribution < 1.29 is 9.53 Å². The van der Waals surface area contributed by atoms with E-state index in [4.69, 9.17) is 4.74 Å². The highest BCUT2D eigenvalue weighted by Crippen LogP contribution is 2.22. The number of amides is 1. The molecule has 120 valence electrons. The van der Waals surface area contributed by atoms with E-state index in [0.29, 0.717) is 19.1 Å². The number of rotatable bonds is 4. The molecule has 0 aliphatic carbocycles. The molecule has 0 aromatic heterocycles. The number of nitrogens with one attached hydrogen (secondary N) is 1. The molecule has 1 aromatic rings. The molecule has 2 heterocycles. The molecule has 3 rings (SSSR count). The molecule has 1 amide bonds. The lowest BCUT2D eigenvalue weighted by Crippen LogP contribution is -2.46. The van der Waals surface area contributed by atoms with E-state index in [1.165, 1.54) is 11.1 Å². The van der Waals surface area contributed by atoms with Crippen molar-refractivity contribution in [3.63, 3.8) is 0 Å². The second-order valence-electron chi connectivity index (χ2n) is 6.50. The van der Waals surface area contributed by atoms with Gasteiger partial charge in [0.05, 0.1) is 13.2 Å². The summed E-state index contributed by atoms with van der Waals surface area (Å²) in [4.78, 5) is 14.7. The van der Waals surface area contributed by atoms with E-state index in [-0.39, 0.29) is 11.9 Å². The minimum absolute atomic E-state index is 0.182. The average Bonchev–Trinajstić information content (AvgIpc) is 2.99. The number of hydrogen-bond donors (Lipinski definition) is 1. The SMILES string of the molecule is Cc1ccc(CC2CCCN2C(=O)CC2COCCN2)cc1. The fraction of sp³-hybridized carbons (Fsp3) is 0.611. The molecular weight excluding hydrogens is 276 g/mol. The first-order chi connectivity index (χ1) is 10.7. The van der Waals surface area contributed by atoms with Crippen LogP contribution in [-0.2, 0) is 16.0 Å². The first-order valence-electron chi connectivity index (χ1n) is 8.38. The third kappa shape index (κ3) is 3.87. The molecule has 2 atom stereocenters. The maximum Gasteiger partial charge on any atom is 0.224 e. The van der Waals surface area contributed by atoms with Crippen molar-refractivity contribution in [2.75, 3.05) is 26.3 Å². The van der Waals surface area contributed by atoms with E-state index in [2.05, 4.69) is 41.4 Å². The van der Waals surface area contributed by atoms with Gasteiger partial charge >= 0.3 is 0 Å². The Balaban J connectivity index is 1.57. The van der Waals surface area contributed by atoms with Crippen LogP contribution in [0.1, 0.15) is 30.4 Å². The summed E-state index contributed by atoms with van der Waals surface area (Å²) in [6.45, 7) is 5.27. The summed E-state index contributed by atoms with van der Waals surface area (Å²) >= 11 is 0. The first-order valence-corrected chi connectivity index (χ1v) is 8.38. The molecule has 1 aromatic carbocycles. The fourth-order valence-corrected chi connectivity index (χ4v) is 3.45. The van der Waals surface area contributed by atoms with Crippen molar-refractivity contribution in [1.82, 2.24) is 10.2 Å². The van der Waals surface area contributed by atoms with Crippen LogP contribution in [0.3, 0.4) is 0 Å². The second kappa shape index (κ2) is 7.25. The lowest BCUT2D eigenvalue weighted by Gasteiger charge is -2.29. The number of carbonyl (C=O) groups excluding carboxylic acids is 1. The van der Waals surface area contributed by atoms with E-state index in [9.17, 15) is 4.79 Å². The summed E-state index contributed by atoms with van der Waals surface area (Å²) < 4.78 is 5.45. The molecule has 2 aliphatic rings. The van der Waals surface area contributed by atoms with Gasteiger partial charge in [0.25, 0.3) is 0 Å². The van der Waals surface area contributed by atoms with Gasteiger partial charge in [-0.1, -0.05) is 29.8 Å². The maximum atomic E-state index is 12.6. The molecule has 2 saturated heterocycles. The van der Waals surface area contributed by atoms with Crippen LogP contribution in [0.25, 0.3) is 0 Å². The van der Waals surface area contributed by atoms with Gasteiger partial charge in [-0.15, -0.1) is 0 Å². The van der Waals surface area contributed by atoms with Gasteiger partial charge in [-0.2, -0.15) is 0 Å². The number of carbonyl (C=O) groups is 1. The lowest BCUT2D eigenvalue weighted by molar-refractivity contribution is -0.133. The number of hydrogen-bond acceptors (Lipinski definition) is 3. The molecule has 4 nitrogen and oxygen atoms in total. The van der Waals surface area contributed by atoms with Crippen molar-refractivity contribution >= 4 is 5.91 Å². The van der Waals surface area contributed by atoms with Crippen LogP contribution in [0, 0.1) is 6.92 Å². The van der Waals surface area contributed by atoms with Gasteiger partial charge < -0.3 is 15.0 Å². The van der Waals surface area contributed by atoms with Crippen LogP contribution in [0.4, 0.5) is 0 Å². The normalized spacial score (nSPS) is 25.4. The van der Waals surface area contributed by atoms with E-state index >= 15 is 0 Å². The van der Waals surface area contributed by atoms with E-state index < -0.39 is 0 Å². The highest BCUT2D eigenvalue weighted by molar-refractivity contribution is 5.77. The van der Waals surface area contributed by atoms with Crippen LogP contribution in [0.5, 0.6) is 0 Å². The Morgan fingerprint density at radius 1 is 1.36 bits per heavy atom. The minimum Gasteiger partial charge on any atom is -0.378 e. The minimum atomic E-state index is 0.182. The van der Waals surface area contributed by atoms with Crippen molar-refractivity contribution in [2.24, 2.45) is 0 Å². The summed E-state index contributed by atoms with van der Waals surface area (Å²) in [6, 6.07) is 9.22. The molecule has 0 bridgehead atoms. The van der Waals surface area contributed by atoms with E-state index in [1.54, 1.807) is 0 Å². The fourth-order valence-electron chi connectivity index (χ4n) is 3.45. The Morgan fingerprint density at radius 2 is 2.18 bits per heavy atom. The second-order valence-corrected chi connectivity index (χ2v) is 6.50. The van der Waals surface area contributed by atoms with Crippen molar-refractivity contribution in [1.29, 1.82) is 0 Å². The lowest BCUT2D eigenvalue weighted by atomic mass is 10.0. The molecule has 1 N–H and O–H groups in total. The van der Waals surface area contributed by atoms with Gasteiger partial charge in [0.2, 0.25) is 5.91 Å². The Labute approximate surface area is 132 Å². The third-order valence-electron chi connectivity index (χ3n) is 4.71. The average molecular weight is 302 g/mol.